The Kier molecular flexibility index (Phi) is 6.41. The van der Waals surface area contributed by atoms with Crippen LogP contribution in [0.25, 0.3) is 0 Å². The first kappa shape index (κ1) is 18.9. The molecule has 0 N–H and O–H groups in total. The molecule has 0 spiro atoms. The number of rotatable bonds is 9. The van der Waals surface area contributed by atoms with Crippen LogP contribution in [0.5, 0.6) is 0 Å². The van der Waals surface area contributed by atoms with E-state index in [4.69, 9.17) is 9.47 Å². The Morgan fingerprint density at radius 2 is 1.83 bits per heavy atom. The summed E-state index contributed by atoms with van der Waals surface area (Å²) in [6.07, 6.45) is 0.807. The lowest BCUT2D eigenvalue weighted by molar-refractivity contribution is -0.148. The molecule has 1 aliphatic carbocycles. The number of hydrogen-bond acceptors (Lipinski definition) is 4. The summed E-state index contributed by atoms with van der Waals surface area (Å²) in [5.41, 5.74) is 0.527. The van der Waals surface area contributed by atoms with E-state index in [1.165, 1.54) is 0 Å². The molecule has 0 aliphatic heterocycles. The minimum Gasteiger partial charge on any atom is -0.464 e. The highest BCUT2D eigenvalue weighted by atomic mass is 16.5. The fraction of sp³-hybridized carbons (Fsp3) is 0.650. The van der Waals surface area contributed by atoms with Crippen molar-refractivity contribution in [2.24, 2.45) is 5.92 Å². The van der Waals surface area contributed by atoms with Crippen LogP contribution in [0.15, 0.2) is 30.3 Å². The Morgan fingerprint density at radius 3 is 2.38 bits per heavy atom. The molecule has 2 rings (SSSR count). The highest BCUT2D eigenvalue weighted by Crippen LogP contribution is 2.55. The van der Waals surface area contributed by atoms with E-state index in [2.05, 4.69) is 32.6 Å². The topological polar surface area (TPSA) is 38.8 Å². The zero-order valence-corrected chi connectivity index (χ0v) is 15.6. The van der Waals surface area contributed by atoms with Gasteiger partial charge >= 0.3 is 5.97 Å². The van der Waals surface area contributed by atoms with Crippen molar-refractivity contribution >= 4 is 5.97 Å². The predicted molar refractivity (Wildman–Crippen MR) is 96.0 cm³/mol. The lowest BCUT2D eigenvalue weighted by Gasteiger charge is -2.30. The molecule has 1 aromatic carbocycles. The average molecular weight is 333 g/mol. The Hall–Kier alpha value is -1.39. The first-order chi connectivity index (χ1) is 11.4. The normalized spacial score (nSPS) is 23.1. The third-order valence-corrected chi connectivity index (χ3v) is 5.04. The van der Waals surface area contributed by atoms with Crippen LogP contribution in [0.3, 0.4) is 0 Å². The first-order valence-corrected chi connectivity index (χ1v) is 8.91. The Balaban J connectivity index is 2.00. The predicted octanol–water partition coefficient (Wildman–Crippen LogP) is 3.25. The van der Waals surface area contributed by atoms with E-state index in [9.17, 15) is 4.79 Å². The zero-order chi connectivity index (χ0) is 17.7. The van der Waals surface area contributed by atoms with Gasteiger partial charge in [0.2, 0.25) is 0 Å². The molecule has 134 valence electrons. The fourth-order valence-electron chi connectivity index (χ4n) is 3.67. The lowest BCUT2D eigenvalue weighted by Crippen LogP contribution is -2.40. The number of esters is 1. The molecule has 0 unspecified atom stereocenters. The number of ether oxygens (including phenoxy) is 2. The highest BCUT2D eigenvalue weighted by molar-refractivity contribution is 5.87. The van der Waals surface area contributed by atoms with Crippen molar-refractivity contribution in [1.82, 2.24) is 4.90 Å². The maximum atomic E-state index is 12.8. The van der Waals surface area contributed by atoms with Crippen molar-refractivity contribution in [2.75, 3.05) is 26.9 Å². The summed E-state index contributed by atoms with van der Waals surface area (Å²) in [5, 5.41) is 0. The minimum atomic E-state index is -0.516. The Bertz CT molecular complexity index is 521. The molecule has 1 aliphatic rings. The van der Waals surface area contributed by atoms with Gasteiger partial charge < -0.3 is 9.47 Å². The van der Waals surface area contributed by atoms with Crippen molar-refractivity contribution in [3.05, 3.63) is 35.9 Å². The number of carbonyl (C=O) groups excluding carboxylic acids is 1. The van der Waals surface area contributed by atoms with E-state index in [0.717, 1.165) is 18.5 Å². The van der Waals surface area contributed by atoms with Crippen LogP contribution < -0.4 is 0 Å². The van der Waals surface area contributed by atoms with Gasteiger partial charge in [0.25, 0.3) is 0 Å². The van der Waals surface area contributed by atoms with Crippen LogP contribution in [-0.2, 0) is 19.7 Å². The second kappa shape index (κ2) is 8.13. The van der Waals surface area contributed by atoms with Crippen LogP contribution >= 0.6 is 0 Å². The van der Waals surface area contributed by atoms with E-state index < -0.39 is 5.41 Å². The molecular formula is C20H31NO3. The second-order valence-electron chi connectivity index (χ2n) is 7.26. The Morgan fingerprint density at radius 1 is 1.21 bits per heavy atom. The third kappa shape index (κ3) is 3.98. The van der Waals surface area contributed by atoms with E-state index in [1.54, 1.807) is 7.11 Å². The van der Waals surface area contributed by atoms with Crippen molar-refractivity contribution in [2.45, 2.75) is 51.6 Å². The van der Waals surface area contributed by atoms with Gasteiger partial charge in [-0.25, -0.2) is 0 Å². The molecule has 0 amide bonds. The number of hydrogen-bond donors (Lipinski definition) is 0. The van der Waals surface area contributed by atoms with Gasteiger partial charge in [-0.1, -0.05) is 30.3 Å². The third-order valence-electron chi connectivity index (χ3n) is 5.04. The molecular weight excluding hydrogens is 302 g/mol. The highest BCUT2D eigenvalue weighted by Gasteiger charge is 2.62. The van der Waals surface area contributed by atoms with Gasteiger partial charge in [-0.3, -0.25) is 9.69 Å². The van der Waals surface area contributed by atoms with Gasteiger partial charge in [0, 0.05) is 31.7 Å². The maximum Gasteiger partial charge on any atom is 0.316 e. The van der Waals surface area contributed by atoms with Gasteiger partial charge in [0.15, 0.2) is 0 Å². The van der Waals surface area contributed by atoms with Crippen LogP contribution in [0.2, 0.25) is 0 Å². The molecule has 0 heterocycles. The Labute approximate surface area is 146 Å². The molecule has 0 radical (unpaired) electrons. The number of benzene rings is 1. The van der Waals surface area contributed by atoms with Crippen molar-refractivity contribution in [3.63, 3.8) is 0 Å². The molecule has 0 saturated heterocycles. The summed E-state index contributed by atoms with van der Waals surface area (Å²) in [6, 6.07) is 10.8. The van der Waals surface area contributed by atoms with Gasteiger partial charge in [-0.2, -0.15) is 0 Å². The monoisotopic (exact) mass is 333 g/mol. The summed E-state index contributed by atoms with van der Waals surface area (Å²) in [4.78, 5) is 15.2. The average Bonchev–Trinajstić information content (AvgIpc) is 3.27. The summed E-state index contributed by atoms with van der Waals surface area (Å²) < 4.78 is 11.0. The van der Waals surface area contributed by atoms with E-state index in [-0.39, 0.29) is 11.9 Å². The first-order valence-electron chi connectivity index (χ1n) is 8.91. The molecule has 0 bridgehead atoms. The summed E-state index contributed by atoms with van der Waals surface area (Å²) >= 11 is 0. The zero-order valence-electron chi connectivity index (χ0n) is 15.6. The minimum absolute atomic E-state index is 0.108. The maximum absolute atomic E-state index is 12.8. The van der Waals surface area contributed by atoms with Gasteiger partial charge in [-0.15, -0.1) is 0 Å². The molecule has 1 saturated carbocycles. The van der Waals surface area contributed by atoms with Crippen LogP contribution in [0, 0.1) is 5.92 Å². The molecule has 0 aromatic heterocycles. The van der Waals surface area contributed by atoms with E-state index >= 15 is 0 Å². The van der Waals surface area contributed by atoms with Gasteiger partial charge in [-0.05, 0) is 39.7 Å². The molecule has 24 heavy (non-hydrogen) atoms. The molecule has 1 fully saturated rings. The van der Waals surface area contributed by atoms with Gasteiger partial charge in [0.05, 0.1) is 12.0 Å². The smallest absolute Gasteiger partial charge is 0.316 e. The van der Waals surface area contributed by atoms with Crippen LogP contribution in [0.1, 0.15) is 39.7 Å². The fourth-order valence-corrected chi connectivity index (χ4v) is 3.67. The van der Waals surface area contributed by atoms with Crippen molar-refractivity contribution < 1.29 is 14.3 Å². The van der Waals surface area contributed by atoms with Crippen molar-refractivity contribution in [1.29, 1.82) is 0 Å². The SMILES string of the molecule is COC[C@@H]1C[C@]1(C(=O)OCCN(C(C)C)C(C)C)c1ccccc1. The molecule has 1 aromatic rings. The second-order valence-corrected chi connectivity index (χ2v) is 7.26. The van der Waals surface area contributed by atoms with E-state index in [0.29, 0.717) is 25.3 Å². The standard InChI is InChI=1S/C20H31NO3/c1-15(2)21(16(3)4)11-12-24-19(22)20(13-18(20)14-23-5)17-9-7-6-8-10-17/h6-10,15-16,18H,11-14H2,1-5H3/t18-,20-/m0/s1. The number of nitrogens with zero attached hydrogens (tertiary/aromatic N) is 1. The van der Waals surface area contributed by atoms with Crippen LogP contribution in [0.4, 0.5) is 0 Å². The number of methoxy groups -OCH3 is 1. The summed E-state index contributed by atoms with van der Waals surface area (Å²) in [7, 11) is 1.68. The van der Waals surface area contributed by atoms with E-state index in [1.807, 2.05) is 30.3 Å². The molecule has 2 atom stereocenters. The molecule has 4 heteroatoms. The summed E-state index contributed by atoms with van der Waals surface area (Å²) in [5.74, 6) is 0.104. The van der Waals surface area contributed by atoms with Crippen molar-refractivity contribution in [3.8, 4) is 0 Å². The number of carbonyl (C=O) groups is 1. The largest absolute Gasteiger partial charge is 0.464 e. The summed E-state index contributed by atoms with van der Waals surface area (Å²) in [6.45, 7) is 10.5. The quantitative estimate of drug-likeness (QED) is 0.650. The molecule has 4 nitrogen and oxygen atoms in total. The van der Waals surface area contributed by atoms with Crippen LogP contribution in [-0.4, -0.2) is 49.8 Å². The van der Waals surface area contributed by atoms with Gasteiger partial charge in [0.1, 0.15) is 6.61 Å². The lowest BCUT2D eigenvalue weighted by atomic mass is 9.93.